The fourth-order valence-corrected chi connectivity index (χ4v) is 2.57. The lowest BCUT2D eigenvalue weighted by Crippen LogP contribution is -2.24. The Morgan fingerprint density at radius 3 is 2.45 bits per heavy atom. The Morgan fingerprint density at radius 1 is 0.966 bits per heavy atom. The van der Waals surface area contributed by atoms with Crippen molar-refractivity contribution in [2.75, 3.05) is 19.5 Å². The average Bonchev–Trinajstić information content (AvgIpc) is 2.78. The third-order valence-corrected chi connectivity index (χ3v) is 4.07. The minimum absolute atomic E-state index is 0.236. The third-order valence-electron chi connectivity index (χ3n) is 4.07. The Kier molecular flexibility index (Phi) is 6.36. The van der Waals surface area contributed by atoms with Crippen LogP contribution in [0.25, 0.3) is 0 Å². The van der Waals surface area contributed by atoms with Crippen LogP contribution >= 0.6 is 0 Å². The first-order chi connectivity index (χ1) is 14.1. The van der Waals surface area contributed by atoms with E-state index in [1.165, 1.54) is 32.7 Å². The van der Waals surface area contributed by atoms with Crippen molar-refractivity contribution in [2.45, 2.75) is 6.54 Å². The van der Waals surface area contributed by atoms with E-state index >= 15 is 0 Å². The first-order valence-electron chi connectivity index (χ1n) is 8.77. The highest BCUT2D eigenvalue weighted by atomic mass is 16.5. The van der Waals surface area contributed by atoms with Gasteiger partial charge < -0.3 is 20.1 Å². The smallest absolute Gasteiger partial charge is 0.257 e. The topological polar surface area (TPSA) is 102 Å². The molecule has 29 heavy (non-hydrogen) atoms. The Labute approximate surface area is 167 Å². The number of nitrogens with one attached hydrogen (secondary N) is 2. The van der Waals surface area contributed by atoms with E-state index in [1.54, 1.807) is 30.5 Å². The number of anilines is 1. The molecule has 0 atom stereocenters. The van der Waals surface area contributed by atoms with Crippen LogP contribution in [-0.4, -0.2) is 36.0 Å². The number of carbonyl (C=O) groups is 2. The van der Waals surface area contributed by atoms with Crippen LogP contribution in [0.5, 0.6) is 11.5 Å². The van der Waals surface area contributed by atoms with E-state index in [-0.39, 0.29) is 23.6 Å². The van der Waals surface area contributed by atoms with Gasteiger partial charge in [0.15, 0.2) is 0 Å². The summed E-state index contributed by atoms with van der Waals surface area (Å²) >= 11 is 0. The summed E-state index contributed by atoms with van der Waals surface area (Å²) in [4.78, 5) is 33.2. The molecule has 8 heteroatoms. The van der Waals surface area contributed by atoms with Crippen molar-refractivity contribution in [1.82, 2.24) is 15.3 Å². The zero-order valence-corrected chi connectivity index (χ0v) is 16.0. The Morgan fingerprint density at radius 2 is 1.76 bits per heavy atom. The van der Waals surface area contributed by atoms with Crippen molar-refractivity contribution in [3.8, 4) is 11.5 Å². The molecule has 0 fully saturated rings. The summed E-state index contributed by atoms with van der Waals surface area (Å²) in [7, 11) is 3.04. The molecule has 0 unspecified atom stereocenters. The number of methoxy groups -OCH3 is 2. The van der Waals surface area contributed by atoms with Crippen molar-refractivity contribution in [3.05, 3.63) is 77.9 Å². The second-order valence-corrected chi connectivity index (χ2v) is 5.99. The summed E-state index contributed by atoms with van der Waals surface area (Å²) in [5.74, 6) is 0.276. The number of benzene rings is 1. The molecule has 148 valence electrons. The normalized spacial score (nSPS) is 10.1. The van der Waals surface area contributed by atoms with Gasteiger partial charge in [0.05, 0.1) is 43.3 Å². The van der Waals surface area contributed by atoms with Crippen molar-refractivity contribution in [3.63, 3.8) is 0 Å². The van der Waals surface area contributed by atoms with E-state index < -0.39 is 5.91 Å². The lowest BCUT2D eigenvalue weighted by Gasteiger charge is -2.12. The van der Waals surface area contributed by atoms with E-state index in [4.69, 9.17) is 9.47 Å². The van der Waals surface area contributed by atoms with Crippen LogP contribution in [0.15, 0.2) is 61.1 Å². The predicted octanol–water partition coefficient (Wildman–Crippen LogP) is 2.68. The minimum atomic E-state index is -0.427. The Hall–Kier alpha value is -3.94. The summed E-state index contributed by atoms with van der Waals surface area (Å²) in [5, 5.41) is 5.51. The summed E-state index contributed by atoms with van der Waals surface area (Å²) in [6.45, 7) is 0.275. The maximum atomic E-state index is 12.6. The highest BCUT2D eigenvalue weighted by Crippen LogP contribution is 2.29. The number of pyridine rings is 2. The average molecular weight is 392 g/mol. The molecule has 1 aromatic carbocycles. The van der Waals surface area contributed by atoms with Crippen LogP contribution in [0, 0.1) is 0 Å². The van der Waals surface area contributed by atoms with E-state index in [0.29, 0.717) is 17.2 Å². The van der Waals surface area contributed by atoms with Crippen LogP contribution < -0.4 is 20.1 Å². The van der Waals surface area contributed by atoms with E-state index in [1.807, 2.05) is 12.1 Å². The summed E-state index contributed by atoms with van der Waals surface area (Å²) in [6, 6.07) is 12.0. The molecule has 2 amide bonds. The molecule has 8 nitrogen and oxygen atoms in total. The largest absolute Gasteiger partial charge is 0.497 e. The van der Waals surface area contributed by atoms with Gasteiger partial charge in [0.2, 0.25) is 0 Å². The van der Waals surface area contributed by atoms with Crippen LogP contribution in [0.1, 0.15) is 26.4 Å². The predicted molar refractivity (Wildman–Crippen MR) is 107 cm³/mol. The second kappa shape index (κ2) is 9.32. The number of nitrogens with zero attached hydrogens (tertiary/aromatic N) is 2. The number of hydrogen-bond donors (Lipinski definition) is 2. The number of carbonyl (C=O) groups excluding carboxylic acids is 2. The fraction of sp³-hybridized carbons (Fsp3) is 0.143. The molecular weight excluding hydrogens is 372 g/mol. The molecule has 0 saturated carbocycles. The lowest BCUT2D eigenvalue weighted by molar-refractivity contribution is 0.0950. The SMILES string of the molecule is COc1ccc(OC)c(NC(=O)c2cncc(C(=O)NCc3ccccn3)c2)c1. The van der Waals surface area contributed by atoms with Gasteiger partial charge in [-0.2, -0.15) is 0 Å². The van der Waals surface area contributed by atoms with E-state index in [2.05, 4.69) is 20.6 Å². The van der Waals surface area contributed by atoms with Gasteiger partial charge in [0.1, 0.15) is 11.5 Å². The zero-order valence-electron chi connectivity index (χ0n) is 16.0. The van der Waals surface area contributed by atoms with Crippen LogP contribution in [-0.2, 0) is 6.54 Å². The quantitative estimate of drug-likeness (QED) is 0.641. The molecule has 2 N–H and O–H groups in total. The molecule has 0 spiro atoms. The summed E-state index contributed by atoms with van der Waals surface area (Å²) in [6.07, 6.45) is 4.44. The summed E-state index contributed by atoms with van der Waals surface area (Å²) in [5.41, 5.74) is 1.68. The second-order valence-electron chi connectivity index (χ2n) is 5.99. The van der Waals surface area contributed by atoms with Gasteiger partial charge in [0, 0.05) is 24.7 Å². The van der Waals surface area contributed by atoms with Gasteiger partial charge >= 0.3 is 0 Å². The van der Waals surface area contributed by atoms with Crippen molar-refractivity contribution in [2.24, 2.45) is 0 Å². The number of aromatic nitrogens is 2. The number of hydrogen-bond acceptors (Lipinski definition) is 6. The maximum absolute atomic E-state index is 12.6. The van der Waals surface area contributed by atoms with Gasteiger partial charge in [-0.1, -0.05) is 6.07 Å². The molecule has 3 rings (SSSR count). The molecule has 0 aliphatic rings. The van der Waals surface area contributed by atoms with E-state index in [0.717, 1.165) is 5.69 Å². The summed E-state index contributed by atoms with van der Waals surface area (Å²) < 4.78 is 10.4. The molecule has 0 bridgehead atoms. The van der Waals surface area contributed by atoms with Crippen LogP contribution in [0.2, 0.25) is 0 Å². The lowest BCUT2D eigenvalue weighted by atomic mass is 10.1. The molecule has 0 radical (unpaired) electrons. The van der Waals surface area contributed by atoms with Gasteiger partial charge in [-0.3, -0.25) is 19.6 Å². The first kappa shape index (κ1) is 19.8. The minimum Gasteiger partial charge on any atom is -0.497 e. The van der Waals surface area contributed by atoms with Crippen LogP contribution in [0.3, 0.4) is 0 Å². The van der Waals surface area contributed by atoms with Gasteiger partial charge in [-0.05, 0) is 30.3 Å². The third kappa shape index (κ3) is 5.07. The van der Waals surface area contributed by atoms with Crippen LogP contribution in [0.4, 0.5) is 5.69 Å². The number of ether oxygens (including phenoxy) is 2. The molecule has 3 aromatic rings. The molecule has 0 saturated heterocycles. The van der Waals surface area contributed by atoms with E-state index in [9.17, 15) is 9.59 Å². The first-order valence-corrected chi connectivity index (χ1v) is 8.77. The number of amides is 2. The Bertz CT molecular complexity index is 1010. The molecule has 2 aromatic heterocycles. The highest BCUT2D eigenvalue weighted by molar-refractivity contribution is 6.06. The molecular formula is C21H20N4O4. The molecule has 0 aliphatic heterocycles. The van der Waals surface area contributed by atoms with Crippen molar-refractivity contribution in [1.29, 1.82) is 0 Å². The zero-order chi connectivity index (χ0) is 20.6. The van der Waals surface area contributed by atoms with Crippen molar-refractivity contribution >= 4 is 17.5 Å². The Balaban J connectivity index is 1.72. The number of rotatable bonds is 7. The van der Waals surface area contributed by atoms with Crippen molar-refractivity contribution < 1.29 is 19.1 Å². The van der Waals surface area contributed by atoms with Gasteiger partial charge in [-0.15, -0.1) is 0 Å². The maximum Gasteiger partial charge on any atom is 0.257 e. The standard InChI is InChI=1S/C21H20N4O4/c1-28-17-6-7-19(29-2)18(10-17)25-21(27)15-9-14(11-22-12-15)20(26)24-13-16-5-3-4-8-23-16/h3-12H,13H2,1-2H3,(H,24,26)(H,25,27). The monoisotopic (exact) mass is 392 g/mol. The molecule has 0 aliphatic carbocycles. The fourth-order valence-electron chi connectivity index (χ4n) is 2.57. The van der Waals surface area contributed by atoms with Gasteiger partial charge in [0.25, 0.3) is 11.8 Å². The van der Waals surface area contributed by atoms with Gasteiger partial charge in [-0.25, -0.2) is 0 Å². The molecule has 2 heterocycles. The highest BCUT2D eigenvalue weighted by Gasteiger charge is 2.14.